The third-order valence-electron chi connectivity index (χ3n) is 4.19. The molecular weight excluding hydrogens is 236 g/mol. The Hall–Kier alpha value is -1.06. The molecule has 1 aromatic rings. The Morgan fingerprint density at radius 2 is 2.11 bits per heavy atom. The number of nitrogens with two attached hydrogens (primary N) is 1. The van der Waals surface area contributed by atoms with Gasteiger partial charge in [0.2, 0.25) is 0 Å². The quantitative estimate of drug-likeness (QED) is 0.856. The van der Waals surface area contributed by atoms with E-state index in [1.807, 2.05) is 30.3 Å². The van der Waals surface area contributed by atoms with Crippen molar-refractivity contribution in [3.8, 4) is 5.75 Å². The highest BCUT2D eigenvalue weighted by Crippen LogP contribution is 2.24. The number of likely N-dealkylation sites (tertiary alicyclic amines) is 1. The number of benzene rings is 1. The number of piperidine rings is 1. The van der Waals surface area contributed by atoms with E-state index in [4.69, 9.17) is 10.5 Å². The molecule has 0 aliphatic carbocycles. The van der Waals surface area contributed by atoms with Crippen LogP contribution in [0.15, 0.2) is 30.3 Å². The van der Waals surface area contributed by atoms with E-state index in [0.29, 0.717) is 6.04 Å². The third-order valence-corrected chi connectivity index (χ3v) is 4.19. The van der Waals surface area contributed by atoms with Gasteiger partial charge in [-0.05, 0) is 37.4 Å². The van der Waals surface area contributed by atoms with Crippen molar-refractivity contribution in [2.75, 3.05) is 26.2 Å². The van der Waals surface area contributed by atoms with Gasteiger partial charge in [-0.2, -0.15) is 0 Å². The van der Waals surface area contributed by atoms with E-state index >= 15 is 0 Å². The molecule has 1 aromatic carbocycles. The first-order valence-corrected chi connectivity index (χ1v) is 7.45. The molecule has 0 radical (unpaired) electrons. The lowest BCUT2D eigenvalue weighted by atomic mass is 9.89. The van der Waals surface area contributed by atoms with Gasteiger partial charge in [-0.3, -0.25) is 4.90 Å². The maximum Gasteiger partial charge on any atom is 0.119 e. The lowest BCUT2D eigenvalue weighted by molar-refractivity contribution is 0.0970. The van der Waals surface area contributed by atoms with Crippen LogP contribution in [0.3, 0.4) is 0 Å². The molecule has 3 heteroatoms. The summed E-state index contributed by atoms with van der Waals surface area (Å²) in [4.78, 5) is 2.50. The molecule has 0 aromatic heterocycles. The molecule has 2 unspecified atom stereocenters. The predicted molar refractivity (Wildman–Crippen MR) is 79.4 cm³/mol. The van der Waals surface area contributed by atoms with Crippen LogP contribution < -0.4 is 10.5 Å². The number of para-hydroxylation sites is 1. The van der Waals surface area contributed by atoms with Crippen molar-refractivity contribution in [3.05, 3.63) is 30.3 Å². The number of nitrogens with zero attached hydrogens (tertiary/aromatic N) is 1. The normalized spacial score (nSPS) is 24.3. The summed E-state index contributed by atoms with van der Waals surface area (Å²) in [6, 6.07) is 10.6. The molecule has 3 nitrogen and oxygen atoms in total. The highest BCUT2D eigenvalue weighted by Gasteiger charge is 2.26. The largest absolute Gasteiger partial charge is 0.492 e. The molecule has 0 bridgehead atoms. The van der Waals surface area contributed by atoms with E-state index in [1.54, 1.807) is 0 Å². The van der Waals surface area contributed by atoms with Crippen LogP contribution in [0.1, 0.15) is 26.2 Å². The van der Waals surface area contributed by atoms with Gasteiger partial charge in [-0.15, -0.1) is 0 Å². The average molecular weight is 262 g/mol. The van der Waals surface area contributed by atoms with Crippen molar-refractivity contribution in [3.63, 3.8) is 0 Å². The molecule has 1 aliphatic heterocycles. The van der Waals surface area contributed by atoms with Crippen LogP contribution in [0.5, 0.6) is 5.75 Å². The summed E-state index contributed by atoms with van der Waals surface area (Å²) >= 11 is 0. The van der Waals surface area contributed by atoms with Crippen LogP contribution in [0, 0.1) is 5.92 Å². The van der Waals surface area contributed by atoms with Gasteiger partial charge in [0.15, 0.2) is 0 Å². The van der Waals surface area contributed by atoms with Gasteiger partial charge < -0.3 is 10.5 Å². The molecule has 0 amide bonds. The minimum Gasteiger partial charge on any atom is -0.492 e. The third kappa shape index (κ3) is 4.22. The van der Waals surface area contributed by atoms with Gasteiger partial charge in [0.25, 0.3) is 0 Å². The zero-order valence-corrected chi connectivity index (χ0v) is 11.9. The monoisotopic (exact) mass is 262 g/mol. The second-order valence-corrected chi connectivity index (χ2v) is 5.39. The van der Waals surface area contributed by atoms with Gasteiger partial charge in [-0.1, -0.05) is 31.5 Å². The van der Waals surface area contributed by atoms with E-state index in [1.165, 1.54) is 25.8 Å². The Morgan fingerprint density at radius 1 is 1.32 bits per heavy atom. The second kappa shape index (κ2) is 7.51. The van der Waals surface area contributed by atoms with Gasteiger partial charge >= 0.3 is 0 Å². The molecule has 2 atom stereocenters. The average Bonchev–Trinajstić information content (AvgIpc) is 2.48. The first-order valence-electron chi connectivity index (χ1n) is 7.45. The molecule has 1 heterocycles. The van der Waals surface area contributed by atoms with E-state index in [2.05, 4.69) is 11.8 Å². The Bertz CT molecular complexity index is 355. The molecule has 2 N–H and O–H groups in total. The molecule has 1 aliphatic rings. The number of hydrogen-bond acceptors (Lipinski definition) is 3. The Morgan fingerprint density at radius 3 is 2.79 bits per heavy atom. The van der Waals surface area contributed by atoms with Crippen LogP contribution in [0.2, 0.25) is 0 Å². The van der Waals surface area contributed by atoms with Crippen molar-refractivity contribution in [2.24, 2.45) is 11.7 Å². The highest BCUT2D eigenvalue weighted by molar-refractivity contribution is 5.20. The second-order valence-electron chi connectivity index (χ2n) is 5.39. The predicted octanol–water partition coefficient (Wildman–Crippen LogP) is 2.51. The van der Waals surface area contributed by atoms with Crippen LogP contribution >= 0.6 is 0 Å². The molecule has 1 fully saturated rings. The van der Waals surface area contributed by atoms with Crippen LogP contribution in [-0.2, 0) is 0 Å². The molecule has 0 saturated carbocycles. The Balaban J connectivity index is 1.76. The van der Waals surface area contributed by atoms with Crippen molar-refractivity contribution in [1.82, 2.24) is 4.90 Å². The SMILES string of the molecule is CCC1CCN(CCOc2ccccc2)C(CN)C1. The smallest absolute Gasteiger partial charge is 0.119 e. The zero-order valence-electron chi connectivity index (χ0n) is 11.9. The fourth-order valence-electron chi connectivity index (χ4n) is 2.89. The Labute approximate surface area is 116 Å². The molecule has 0 spiro atoms. The van der Waals surface area contributed by atoms with Crippen molar-refractivity contribution < 1.29 is 4.74 Å². The van der Waals surface area contributed by atoms with Crippen molar-refractivity contribution in [2.45, 2.75) is 32.2 Å². The standard InChI is InChI=1S/C16H26N2O/c1-2-14-8-9-18(15(12-14)13-17)10-11-19-16-6-4-3-5-7-16/h3-7,14-15H,2,8-13,17H2,1H3. The summed E-state index contributed by atoms with van der Waals surface area (Å²) < 4.78 is 5.77. The van der Waals surface area contributed by atoms with Crippen LogP contribution in [0.4, 0.5) is 0 Å². The van der Waals surface area contributed by atoms with Gasteiger partial charge in [0, 0.05) is 19.1 Å². The summed E-state index contributed by atoms with van der Waals surface area (Å²) in [7, 11) is 0. The van der Waals surface area contributed by atoms with E-state index < -0.39 is 0 Å². The van der Waals surface area contributed by atoms with Gasteiger partial charge in [0.05, 0.1) is 0 Å². The fourth-order valence-corrected chi connectivity index (χ4v) is 2.89. The summed E-state index contributed by atoms with van der Waals surface area (Å²) in [6.07, 6.45) is 3.83. The van der Waals surface area contributed by atoms with E-state index in [9.17, 15) is 0 Å². The summed E-state index contributed by atoms with van der Waals surface area (Å²) in [5, 5.41) is 0. The maximum atomic E-state index is 5.91. The molecule has 19 heavy (non-hydrogen) atoms. The molecule has 1 saturated heterocycles. The van der Waals surface area contributed by atoms with Gasteiger partial charge in [-0.25, -0.2) is 0 Å². The Kier molecular flexibility index (Phi) is 5.67. The molecule has 106 valence electrons. The first kappa shape index (κ1) is 14.4. The molecular formula is C16H26N2O. The minimum absolute atomic E-state index is 0.540. The van der Waals surface area contributed by atoms with E-state index in [-0.39, 0.29) is 0 Å². The number of ether oxygens (including phenoxy) is 1. The minimum atomic E-state index is 0.540. The lowest BCUT2D eigenvalue weighted by Gasteiger charge is -2.38. The summed E-state index contributed by atoms with van der Waals surface area (Å²) in [5.41, 5.74) is 5.91. The number of rotatable bonds is 6. The fraction of sp³-hybridized carbons (Fsp3) is 0.625. The molecule has 2 rings (SSSR count). The topological polar surface area (TPSA) is 38.5 Å². The van der Waals surface area contributed by atoms with Crippen molar-refractivity contribution in [1.29, 1.82) is 0 Å². The van der Waals surface area contributed by atoms with Crippen LogP contribution in [0.25, 0.3) is 0 Å². The van der Waals surface area contributed by atoms with Crippen molar-refractivity contribution >= 4 is 0 Å². The maximum absolute atomic E-state index is 5.91. The highest BCUT2D eigenvalue weighted by atomic mass is 16.5. The van der Waals surface area contributed by atoms with E-state index in [0.717, 1.165) is 31.4 Å². The van der Waals surface area contributed by atoms with Gasteiger partial charge in [0.1, 0.15) is 12.4 Å². The first-order chi connectivity index (χ1) is 9.33. The summed E-state index contributed by atoms with van der Waals surface area (Å²) in [5.74, 6) is 1.81. The van der Waals surface area contributed by atoms with Crippen LogP contribution in [-0.4, -0.2) is 37.2 Å². The number of hydrogen-bond donors (Lipinski definition) is 1. The summed E-state index contributed by atoms with van der Waals surface area (Å²) in [6.45, 7) is 5.94. The lowest BCUT2D eigenvalue weighted by Crippen LogP contribution is -2.48. The zero-order chi connectivity index (χ0) is 13.5.